The van der Waals surface area contributed by atoms with Gasteiger partial charge in [0.2, 0.25) is 0 Å². The zero-order valence-corrected chi connectivity index (χ0v) is 11.6. The maximum atomic E-state index is 11.9. The minimum absolute atomic E-state index is 0.0820. The van der Waals surface area contributed by atoms with Crippen LogP contribution in [0.3, 0.4) is 0 Å². The Balaban J connectivity index is 1.53. The van der Waals surface area contributed by atoms with Crippen LogP contribution in [0.2, 0.25) is 0 Å². The lowest BCUT2D eigenvalue weighted by Crippen LogP contribution is -2.52. The van der Waals surface area contributed by atoms with E-state index in [1.807, 2.05) is 23.2 Å². The van der Waals surface area contributed by atoms with Crippen LogP contribution >= 0.6 is 0 Å². The number of hydrogen-bond donors (Lipinski definition) is 2. The molecule has 0 atom stereocenters. The first kappa shape index (κ1) is 13.2. The van der Waals surface area contributed by atoms with Gasteiger partial charge in [0, 0.05) is 45.0 Å². The van der Waals surface area contributed by atoms with Crippen LogP contribution in [0.4, 0.5) is 10.6 Å². The molecule has 6 nitrogen and oxygen atoms in total. The summed E-state index contributed by atoms with van der Waals surface area (Å²) in [5.74, 6) is 0.962. The van der Waals surface area contributed by atoms with E-state index in [-0.39, 0.29) is 6.03 Å². The number of nitrogens with zero attached hydrogens (tertiary/aromatic N) is 3. The van der Waals surface area contributed by atoms with Crippen molar-refractivity contribution in [3.63, 3.8) is 0 Å². The fourth-order valence-corrected chi connectivity index (χ4v) is 2.36. The number of nitrogens with two attached hydrogens (primary N) is 1. The third-order valence-corrected chi connectivity index (χ3v) is 3.84. The number of anilines is 1. The molecule has 2 aliphatic rings. The number of carbonyl (C=O) groups is 1. The molecule has 108 valence electrons. The van der Waals surface area contributed by atoms with E-state index < -0.39 is 0 Å². The van der Waals surface area contributed by atoms with Crippen LogP contribution < -0.4 is 16.0 Å². The van der Waals surface area contributed by atoms with Gasteiger partial charge in [0.25, 0.3) is 0 Å². The summed E-state index contributed by atoms with van der Waals surface area (Å²) in [7, 11) is 0. The number of aromatic nitrogens is 1. The molecule has 3 N–H and O–H groups in total. The van der Waals surface area contributed by atoms with E-state index in [0.29, 0.717) is 12.6 Å². The number of hydrogen-bond acceptors (Lipinski definition) is 4. The van der Waals surface area contributed by atoms with Crippen molar-refractivity contribution in [2.24, 2.45) is 5.73 Å². The summed E-state index contributed by atoms with van der Waals surface area (Å²) in [5.41, 5.74) is 6.61. The maximum absolute atomic E-state index is 11.9. The average Bonchev–Trinajstić information content (AvgIpc) is 3.31. The van der Waals surface area contributed by atoms with E-state index in [0.717, 1.165) is 50.4 Å². The molecule has 1 aliphatic heterocycles. The van der Waals surface area contributed by atoms with E-state index >= 15 is 0 Å². The third-order valence-electron chi connectivity index (χ3n) is 3.84. The predicted molar refractivity (Wildman–Crippen MR) is 77.5 cm³/mol. The number of amides is 2. The second-order valence-electron chi connectivity index (χ2n) is 5.43. The molecule has 1 saturated carbocycles. The highest BCUT2D eigenvalue weighted by atomic mass is 16.2. The van der Waals surface area contributed by atoms with E-state index in [4.69, 9.17) is 5.73 Å². The fraction of sp³-hybridized carbons (Fsp3) is 0.571. The number of urea groups is 1. The zero-order valence-electron chi connectivity index (χ0n) is 11.6. The first-order valence-corrected chi connectivity index (χ1v) is 7.21. The number of nitrogens with one attached hydrogen (secondary N) is 1. The van der Waals surface area contributed by atoms with Crippen molar-refractivity contribution < 1.29 is 4.79 Å². The second-order valence-corrected chi connectivity index (χ2v) is 5.43. The number of piperazine rings is 1. The van der Waals surface area contributed by atoms with Gasteiger partial charge in [0.15, 0.2) is 0 Å². The molecule has 2 amide bonds. The molecule has 1 aliphatic carbocycles. The van der Waals surface area contributed by atoms with Crippen LogP contribution in [0, 0.1) is 0 Å². The van der Waals surface area contributed by atoms with Gasteiger partial charge in [0.1, 0.15) is 5.82 Å². The summed E-state index contributed by atoms with van der Waals surface area (Å²) in [4.78, 5) is 20.5. The van der Waals surface area contributed by atoms with Crippen molar-refractivity contribution in [3.8, 4) is 0 Å². The summed E-state index contributed by atoms with van der Waals surface area (Å²) in [5, 5.41) is 3.03. The first-order valence-electron chi connectivity index (χ1n) is 7.21. The molecule has 1 aromatic heterocycles. The van der Waals surface area contributed by atoms with Gasteiger partial charge in [-0.3, -0.25) is 0 Å². The Morgan fingerprint density at radius 3 is 2.60 bits per heavy atom. The van der Waals surface area contributed by atoms with Crippen molar-refractivity contribution in [1.29, 1.82) is 0 Å². The van der Waals surface area contributed by atoms with Crippen LogP contribution in [-0.2, 0) is 6.54 Å². The lowest BCUT2D eigenvalue weighted by Gasteiger charge is -2.35. The molecule has 0 unspecified atom stereocenters. The van der Waals surface area contributed by atoms with Crippen LogP contribution in [0.15, 0.2) is 18.3 Å². The summed E-state index contributed by atoms with van der Waals surface area (Å²) in [6.07, 6.45) is 4.08. The van der Waals surface area contributed by atoms with Crippen molar-refractivity contribution >= 4 is 11.8 Å². The van der Waals surface area contributed by atoms with Crippen molar-refractivity contribution in [1.82, 2.24) is 15.2 Å². The fourth-order valence-electron chi connectivity index (χ4n) is 2.36. The molecular formula is C14H21N5O. The SMILES string of the molecule is NCc1ccc(N2CCN(C(=O)NC3CC3)CC2)nc1. The number of pyridine rings is 1. The van der Waals surface area contributed by atoms with Crippen LogP contribution in [0.25, 0.3) is 0 Å². The van der Waals surface area contributed by atoms with Gasteiger partial charge >= 0.3 is 6.03 Å². The van der Waals surface area contributed by atoms with Gasteiger partial charge in [0.05, 0.1) is 0 Å². The smallest absolute Gasteiger partial charge is 0.317 e. The highest BCUT2D eigenvalue weighted by molar-refractivity contribution is 5.75. The van der Waals surface area contributed by atoms with Gasteiger partial charge in [-0.25, -0.2) is 9.78 Å². The lowest BCUT2D eigenvalue weighted by molar-refractivity contribution is 0.194. The molecule has 20 heavy (non-hydrogen) atoms. The summed E-state index contributed by atoms with van der Waals surface area (Å²) in [6, 6.07) is 4.51. The van der Waals surface area contributed by atoms with E-state index in [9.17, 15) is 4.79 Å². The molecule has 2 heterocycles. The second kappa shape index (κ2) is 5.66. The number of rotatable bonds is 3. The monoisotopic (exact) mass is 275 g/mol. The minimum atomic E-state index is 0.0820. The van der Waals surface area contributed by atoms with Crippen LogP contribution in [0.1, 0.15) is 18.4 Å². The Hall–Kier alpha value is -1.82. The van der Waals surface area contributed by atoms with Crippen LogP contribution in [-0.4, -0.2) is 48.1 Å². The van der Waals surface area contributed by atoms with E-state index in [2.05, 4.69) is 15.2 Å². The summed E-state index contributed by atoms with van der Waals surface area (Å²) in [6.45, 7) is 3.67. The maximum Gasteiger partial charge on any atom is 0.317 e. The predicted octanol–water partition coefficient (Wildman–Crippen LogP) is 0.534. The van der Waals surface area contributed by atoms with Gasteiger partial charge in [-0.15, -0.1) is 0 Å². The third kappa shape index (κ3) is 3.01. The normalized spacial score (nSPS) is 19.1. The standard InChI is InChI=1S/C14H21N5O/c15-9-11-1-4-13(16-10-11)18-5-7-19(8-6-18)14(20)17-12-2-3-12/h1,4,10,12H,2-3,5-9,15H2,(H,17,20). The largest absolute Gasteiger partial charge is 0.353 e. The Morgan fingerprint density at radius 2 is 2.05 bits per heavy atom. The molecule has 1 saturated heterocycles. The Kier molecular flexibility index (Phi) is 3.73. The molecule has 0 aromatic carbocycles. The highest BCUT2D eigenvalue weighted by Crippen LogP contribution is 2.19. The average molecular weight is 275 g/mol. The quantitative estimate of drug-likeness (QED) is 0.844. The molecule has 6 heteroatoms. The van der Waals surface area contributed by atoms with Gasteiger partial charge in [-0.1, -0.05) is 6.07 Å². The van der Waals surface area contributed by atoms with Gasteiger partial charge in [-0.2, -0.15) is 0 Å². The summed E-state index contributed by atoms with van der Waals surface area (Å²) < 4.78 is 0. The highest BCUT2D eigenvalue weighted by Gasteiger charge is 2.27. The lowest BCUT2D eigenvalue weighted by atomic mass is 10.2. The minimum Gasteiger partial charge on any atom is -0.353 e. The topological polar surface area (TPSA) is 74.5 Å². The molecule has 1 aromatic rings. The molecule has 0 spiro atoms. The first-order chi connectivity index (χ1) is 9.76. The molecule has 0 radical (unpaired) electrons. The Morgan fingerprint density at radius 1 is 1.30 bits per heavy atom. The zero-order chi connectivity index (χ0) is 13.9. The summed E-state index contributed by atoms with van der Waals surface area (Å²) >= 11 is 0. The van der Waals surface area contributed by atoms with Gasteiger partial charge in [-0.05, 0) is 24.5 Å². The van der Waals surface area contributed by atoms with Crippen molar-refractivity contribution in [2.75, 3.05) is 31.1 Å². The van der Waals surface area contributed by atoms with Crippen molar-refractivity contribution in [2.45, 2.75) is 25.4 Å². The molecule has 2 fully saturated rings. The molecule has 3 rings (SSSR count). The van der Waals surface area contributed by atoms with E-state index in [1.54, 1.807) is 0 Å². The Labute approximate surface area is 118 Å². The van der Waals surface area contributed by atoms with Crippen LogP contribution in [0.5, 0.6) is 0 Å². The van der Waals surface area contributed by atoms with E-state index in [1.165, 1.54) is 0 Å². The molecule has 0 bridgehead atoms. The van der Waals surface area contributed by atoms with Gasteiger partial charge < -0.3 is 20.9 Å². The van der Waals surface area contributed by atoms with Crippen molar-refractivity contribution in [3.05, 3.63) is 23.9 Å². The number of carbonyl (C=O) groups excluding carboxylic acids is 1. The Bertz CT molecular complexity index is 463. The molecular weight excluding hydrogens is 254 g/mol.